The summed E-state index contributed by atoms with van der Waals surface area (Å²) in [4.78, 5) is 0. The van der Waals surface area contributed by atoms with Crippen LogP contribution < -0.4 is 20.9 Å². The van der Waals surface area contributed by atoms with E-state index < -0.39 is 0 Å². The van der Waals surface area contributed by atoms with Crippen molar-refractivity contribution in [1.29, 1.82) is 0 Å². The number of aryl methyl sites for hydroxylation is 1. The van der Waals surface area contributed by atoms with Crippen molar-refractivity contribution in [3.63, 3.8) is 0 Å². The molecule has 4 N–H and O–H groups in total. The van der Waals surface area contributed by atoms with Gasteiger partial charge in [-0.05, 0) is 86.3 Å². The van der Waals surface area contributed by atoms with E-state index >= 15 is 0 Å². The average molecular weight is 410 g/mol. The topological polar surface area (TPSA) is 65.5 Å². The molecule has 0 bridgehead atoms. The van der Waals surface area contributed by atoms with E-state index in [4.69, 9.17) is 17.0 Å². The third-order valence-corrected chi connectivity index (χ3v) is 5.81. The van der Waals surface area contributed by atoms with Crippen LogP contribution in [0.25, 0.3) is 5.70 Å². The fourth-order valence-corrected chi connectivity index (χ4v) is 4.19. The van der Waals surface area contributed by atoms with Crippen molar-refractivity contribution in [1.82, 2.24) is 10.9 Å². The molecule has 1 saturated carbocycles. The van der Waals surface area contributed by atoms with E-state index in [1.807, 2.05) is 18.2 Å². The van der Waals surface area contributed by atoms with Gasteiger partial charge in [0.25, 0.3) is 0 Å². The molecule has 0 atom stereocenters. The van der Waals surface area contributed by atoms with Gasteiger partial charge < -0.3 is 15.2 Å². The fourth-order valence-electron chi connectivity index (χ4n) is 4.02. The molecular weight excluding hydrogens is 382 g/mol. The SMILES string of the molecule is CCc1ccc(NC(=S)NNC2=CC3(CCCCC3)Oc3ccc(O)cc32)cc1. The Morgan fingerprint density at radius 2 is 1.86 bits per heavy atom. The Hall–Kier alpha value is -2.73. The van der Waals surface area contributed by atoms with Crippen molar-refractivity contribution >= 4 is 28.7 Å². The van der Waals surface area contributed by atoms with Gasteiger partial charge in [0.2, 0.25) is 0 Å². The van der Waals surface area contributed by atoms with Crippen LogP contribution in [-0.4, -0.2) is 15.8 Å². The van der Waals surface area contributed by atoms with Crippen LogP contribution in [0.1, 0.15) is 50.2 Å². The number of rotatable bonds is 4. The van der Waals surface area contributed by atoms with Gasteiger partial charge in [-0.3, -0.25) is 10.9 Å². The Morgan fingerprint density at radius 1 is 1.10 bits per heavy atom. The number of fused-ring (bicyclic) bond motifs is 1. The van der Waals surface area contributed by atoms with Crippen LogP contribution in [0.2, 0.25) is 0 Å². The molecular formula is C23H27N3O2S. The maximum Gasteiger partial charge on any atom is 0.189 e. The third-order valence-electron chi connectivity index (χ3n) is 5.60. The molecule has 1 heterocycles. The molecule has 4 rings (SSSR count). The van der Waals surface area contributed by atoms with Gasteiger partial charge in [0.05, 0.1) is 5.70 Å². The zero-order valence-electron chi connectivity index (χ0n) is 16.6. The van der Waals surface area contributed by atoms with Gasteiger partial charge in [0.15, 0.2) is 5.11 Å². The molecule has 0 amide bonds. The van der Waals surface area contributed by atoms with Crippen LogP contribution >= 0.6 is 12.2 Å². The van der Waals surface area contributed by atoms with E-state index in [1.165, 1.54) is 12.0 Å². The Bertz CT molecular complexity index is 918. The number of phenolic OH excluding ortho intramolecular Hbond substituents is 1. The minimum Gasteiger partial charge on any atom is -0.508 e. The zero-order chi connectivity index (χ0) is 20.3. The number of hydrogen-bond donors (Lipinski definition) is 4. The molecule has 1 spiro atoms. The molecule has 2 aliphatic rings. The lowest BCUT2D eigenvalue weighted by molar-refractivity contribution is 0.0739. The van der Waals surface area contributed by atoms with Crippen molar-refractivity contribution in [3.8, 4) is 11.5 Å². The summed E-state index contributed by atoms with van der Waals surface area (Å²) in [5.41, 5.74) is 9.93. The number of benzene rings is 2. The molecule has 29 heavy (non-hydrogen) atoms. The minimum absolute atomic E-state index is 0.205. The number of anilines is 1. The van der Waals surface area contributed by atoms with Crippen molar-refractivity contribution < 1.29 is 9.84 Å². The molecule has 2 aromatic carbocycles. The Labute approximate surface area is 177 Å². The van der Waals surface area contributed by atoms with Crippen molar-refractivity contribution in [2.45, 2.75) is 51.0 Å². The number of ether oxygens (including phenoxy) is 1. The van der Waals surface area contributed by atoms with Crippen molar-refractivity contribution in [3.05, 3.63) is 59.7 Å². The molecule has 0 saturated heterocycles. The number of nitrogens with one attached hydrogen (secondary N) is 3. The summed E-state index contributed by atoms with van der Waals surface area (Å²) in [5.74, 6) is 0.988. The van der Waals surface area contributed by atoms with Crippen molar-refractivity contribution in [2.24, 2.45) is 0 Å². The van der Waals surface area contributed by atoms with Gasteiger partial charge in [-0.1, -0.05) is 25.5 Å². The van der Waals surface area contributed by atoms with E-state index in [0.717, 1.165) is 54.8 Å². The fraction of sp³-hybridized carbons (Fsp3) is 0.348. The lowest BCUT2D eigenvalue weighted by Crippen LogP contribution is -2.44. The predicted molar refractivity (Wildman–Crippen MR) is 121 cm³/mol. The first-order chi connectivity index (χ1) is 14.1. The van der Waals surface area contributed by atoms with E-state index in [9.17, 15) is 5.11 Å². The Kier molecular flexibility index (Phi) is 5.62. The van der Waals surface area contributed by atoms with Crippen LogP contribution in [0.5, 0.6) is 11.5 Å². The number of phenols is 1. The average Bonchev–Trinajstić information content (AvgIpc) is 2.73. The lowest BCUT2D eigenvalue weighted by Gasteiger charge is -2.39. The summed E-state index contributed by atoms with van der Waals surface area (Å²) in [5, 5.41) is 13.6. The first-order valence-electron chi connectivity index (χ1n) is 10.2. The number of hydrazine groups is 1. The van der Waals surface area contributed by atoms with Gasteiger partial charge in [0.1, 0.15) is 17.1 Å². The molecule has 152 valence electrons. The number of aromatic hydroxyl groups is 1. The van der Waals surface area contributed by atoms with Gasteiger partial charge in [-0.25, -0.2) is 0 Å². The maximum atomic E-state index is 9.95. The molecule has 0 unspecified atom stereocenters. The first-order valence-corrected chi connectivity index (χ1v) is 10.6. The third kappa shape index (κ3) is 4.48. The summed E-state index contributed by atoms with van der Waals surface area (Å²) in [6, 6.07) is 13.4. The first kappa shape index (κ1) is 19.6. The monoisotopic (exact) mass is 409 g/mol. The van der Waals surface area contributed by atoms with Crippen LogP contribution in [0.4, 0.5) is 5.69 Å². The molecule has 1 aliphatic heterocycles. The normalized spacial score (nSPS) is 16.9. The van der Waals surface area contributed by atoms with E-state index in [0.29, 0.717) is 5.11 Å². The van der Waals surface area contributed by atoms with Crippen molar-refractivity contribution in [2.75, 3.05) is 5.32 Å². The van der Waals surface area contributed by atoms with Gasteiger partial charge >= 0.3 is 0 Å². The van der Waals surface area contributed by atoms with Crippen LogP contribution in [0.15, 0.2) is 48.5 Å². The van der Waals surface area contributed by atoms with E-state index in [1.54, 1.807) is 12.1 Å². The van der Waals surface area contributed by atoms with Crippen LogP contribution in [0.3, 0.4) is 0 Å². The minimum atomic E-state index is -0.294. The Morgan fingerprint density at radius 3 is 2.59 bits per heavy atom. The second kappa shape index (κ2) is 8.33. The summed E-state index contributed by atoms with van der Waals surface area (Å²) in [6.45, 7) is 2.13. The lowest BCUT2D eigenvalue weighted by atomic mass is 9.82. The highest BCUT2D eigenvalue weighted by Crippen LogP contribution is 2.42. The molecule has 1 fully saturated rings. The Balaban J connectivity index is 1.49. The molecule has 6 heteroatoms. The summed E-state index contributed by atoms with van der Waals surface area (Å²) < 4.78 is 6.37. The van der Waals surface area contributed by atoms with E-state index in [-0.39, 0.29) is 11.4 Å². The molecule has 2 aromatic rings. The van der Waals surface area contributed by atoms with Gasteiger partial charge in [-0.2, -0.15) is 0 Å². The molecule has 5 nitrogen and oxygen atoms in total. The molecule has 0 aromatic heterocycles. The zero-order valence-corrected chi connectivity index (χ0v) is 17.4. The summed E-state index contributed by atoms with van der Waals surface area (Å²) >= 11 is 5.45. The second-order valence-electron chi connectivity index (χ2n) is 7.72. The highest BCUT2D eigenvalue weighted by atomic mass is 32.1. The summed E-state index contributed by atoms with van der Waals surface area (Å²) in [7, 11) is 0. The van der Waals surface area contributed by atoms with Crippen LogP contribution in [0, 0.1) is 0 Å². The molecule has 0 radical (unpaired) electrons. The maximum absolute atomic E-state index is 9.95. The van der Waals surface area contributed by atoms with Gasteiger partial charge in [-0.15, -0.1) is 0 Å². The van der Waals surface area contributed by atoms with Crippen LogP contribution in [-0.2, 0) is 6.42 Å². The smallest absolute Gasteiger partial charge is 0.189 e. The highest BCUT2D eigenvalue weighted by molar-refractivity contribution is 7.80. The highest BCUT2D eigenvalue weighted by Gasteiger charge is 2.37. The van der Waals surface area contributed by atoms with E-state index in [2.05, 4.69) is 41.3 Å². The second-order valence-corrected chi connectivity index (χ2v) is 8.13. The largest absolute Gasteiger partial charge is 0.508 e. The standard InChI is InChI=1S/C23H27N3O2S/c1-2-16-6-8-17(9-7-16)24-22(29)26-25-20-15-23(12-4-3-5-13-23)28-21-11-10-18(27)14-19(20)21/h6-11,14-15,25,27H,2-5,12-13H2,1H3,(H2,24,26,29). The van der Waals surface area contributed by atoms with Gasteiger partial charge in [0, 0.05) is 11.3 Å². The predicted octanol–water partition coefficient (Wildman–Crippen LogP) is 4.88. The summed E-state index contributed by atoms with van der Waals surface area (Å²) in [6.07, 6.45) is 8.67. The molecule has 1 aliphatic carbocycles. The number of hydrogen-bond acceptors (Lipinski definition) is 4. The quantitative estimate of drug-likeness (QED) is 0.426. The number of thiocarbonyl (C=S) groups is 1.